The van der Waals surface area contributed by atoms with Gasteiger partial charge in [0.1, 0.15) is 0 Å². The zero-order valence-corrected chi connectivity index (χ0v) is 9.95. The van der Waals surface area contributed by atoms with E-state index in [2.05, 4.69) is 17.0 Å². The summed E-state index contributed by atoms with van der Waals surface area (Å²) in [6.45, 7) is 2.20. The maximum absolute atomic E-state index is 11.6. The molecule has 0 aromatic heterocycles. The van der Waals surface area contributed by atoms with Gasteiger partial charge in [-0.25, -0.2) is 0 Å². The van der Waals surface area contributed by atoms with Crippen molar-refractivity contribution in [2.45, 2.75) is 19.3 Å². The second-order valence-electron chi connectivity index (χ2n) is 4.18. The second kappa shape index (κ2) is 4.95. The number of nitrogens with zero attached hydrogens (tertiary/aromatic N) is 1. The van der Waals surface area contributed by atoms with Crippen molar-refractivity contribution in [1.82, 2.24) is 9.99 Å². The lowest BCUT2D eigenvalue weighted by Crippen LogP contribution is -2.26. The molecule has 1 amide bonds. The third kappa shape index (κ3) is 2.70. The lowest BCUT2D eigenvalue weighted by Gasteiger charge is -2.21. The Hall–Kier alpha value is -0.600. The normalized spacial score (nSPS) is 30.3. The van der Waals surface area contributed by atoms with Crippen LogP contribution in [0.3, 0.4) is 0 Å². The molecule has 4 nitrogen and oxygen atoms in total. The summed E-state index contributed by atoms with van der Waals surface area (Å²) in [5.74, 6) is 0.439. The van der Waals surface area contributed by atoms with Crippen LogP contribution in [0.1, 0.15) is 19.3 Å². The Morgan fingerprint density at radius 3 is 3.20 bits per heavy atom. The summed E-state index contributed by atoms with van der Waals surface area (Å²) < 4.78 is 5.19. The molecule has 0 saturated carbocycles. The summed E-state index contributed by atoms with van der Waals surface area (Å²) in [7, 11) is 2.22. The SMILES string of the molecule is CN1CCCC(C2=COPNC2=O)CC1. The van der Waals surface area contributed by atoms with Crippen molar-refractivity contribution in [3.05, 3.63) is 11.8 Å². The highest BCUT2D eigenvalue weighted by molar-refractivity contribution is 7.31. The first kappa shape index (κ1) is 10.9. The van der Waals surface area contributed by atoms with Gasteiger partial charge in [-0.3, -0.25) is 4.79 Å². The summed E-state index contributed by atoms with van der Waals surface area (Å²) in [5.41, 5.74) is 0.837. The van der Waals surface area contributed by atoms with Crippen molar-refractivity contribution >= 4 is 14.9 Å². The largest absolute Gasteiger partial charge is 0.463 e. The Bertz CT molecular complexity index is 281. The highest BCUT2D eigenvalue weighted by Crippen LogP contribution is 2.28. The molecule has 0 aliphatic carbocycles. The highest BCUT2D eigenvalue weighted by atomic mass is 31.1. The third-order valence-electron chi connectivity index (χ3n) is 3.06. The maximum Gasteiger partial charge on any atom is 0.256 e. The van der Waals surface area contributed by atoms with Crippen LogP contribution in [0.15, 0.2) is 11.8 Å². The van der Waals surface area contributed by atoms with E-state index < -0.39 is 0 Å². The Kier molecular flexibility index (Phi) is 3.60. The van der Waals surface area contributed by atoms with Gasteiger partial charge in [0.25, 0.3) is 5.91 Å². The monoisotopic (exact) mass is 228 g/mol. The van der Waals surface area contributed by atoms with E-state index in [4.69, 9.17) is 4.52 Å². The molecule has 84 valence electrons. The van der Waals surface area contributed by atoms with Crippen LogP contribution in [-0.4, -0.2) is 30.9 Å². The fourth-order valence-electron chi connectivity index (χ4n) is 2.13. The zero-order chi connectivity index (χ0) is 10.7. The predicted molar refractivity (Wildman–Crippen MR) is 60.5 cm³/mol. The van der Waals surface area contributed by atoms with Gasteiger partial charge in [-0.15, -0.1) is 0 Å². The molecule has 2 atom stereocenters. The van der Waals surface area contributed by atoms with Crippen molar-refractivity contribution in [3.63, 3.8) is 0 Å². The van der Waals surface area contributed by atoms with E-state index in [0.717, 1.165) is 37.9 Å². The first-order chi connectivity index (χ1) is 7.27. The molecular weight excluding hydrogens is 211 g/mol. The van der Waals surface area contributed by atoms with Crippen LogP contribution in [0.2, 0.25) is 0 Å². The van der Waals surface area contributed by atoms with Gasteiger partial charge in [0.05, 0.1) is 11.8 Å². The van der Waals surface area contributed by atoms with E-state index in [9.17, 15) is 4.79 Å². The van der Waals surface area contributed by atoms with Crippen LogP contribution >= 0.6 is 8.96 Å². The molecule has 15 heavy (non-hydrogen) atoms. The van der Waals surface area contributed by atoms with Gasteiger partial charge in [0, 0.05) is 0 Å². The molecule has 2 unspecified atom stereocenters. The molecule has 2 rings (SSSR count). The molecule has 1 N–H and O–H groups in total. The predicted octanol–water partition coefficient (Wildman–Crippen LogP) is 1.26. The van der Waals surface area contributed by atoms with Crippen molar-refractivity contribution in [1.29, 1.82) is 0 Å². The summed E-state index contributed by atoms with van der Waals surface area (Å²) >= 11 is 0. The molecule has 1 saturated heterocycles. The third-order valence-corrected chi connectivity index (χ3v) is 3.63. The van der Waals surface area contributed by atoms with Crippen LogP contribution in [0.25, 0.3) is 0 Å². The van der Waals surface area contributed by atoms with Crippen molar-refractivity contribution < 1.29 is 9.32 Å². The number of amides is 1. The lowest BCUT2D eigenvalue weighted by molar-refractivity contribution is -0.116. The summed E-state index contributed by atoms with van der Waals surface area (Å²) in [6.07, 6.45) is 4.97. The number of likely N-dealkylation sites (tertiary alicyclic amines) is 1. The van der Waals surface area contributed by atoms with Gasteiger partial charge in [0.15, 0.2) is 8.96 Å². The molecule has 0 spiro atoms. The van der Waals surface area contributed by atoms with E-state index in [1.807, 2.05) is 0 Å². The first-order valence-electron chi connectivity index (χ1n) is 5.37. The van der Waals surface area contributed by atoms with Crippen molar-refractivity contribution in [2.24, 2.45) is 5.92 Å². The molecule has 2 aliphatic rings. The highest BCUT2D eigenvalue weighted by Gasteiger charge is 2.25. The average Bonchev–Trinajstić information content (AvgIpc) is 2.44. The van der Waals surface area contributed by atoms with Crippen LogP contribution < -0.4 is 5.09 Å². The zero-order valence-electron chi connectivity index (χ0n) is 8.95. The molecule has 0 aromatic rings. The summed E-state index contributed by atoms with van der Waals surface area (Å²) in [5, 5.41) is 2.75. The number of hydrogen-bond acceptors (Lipinski definition) is 3. The minimum atomic E-state index is 0.0640. The average molecular weight is 228 g/mol. The number of carbonyl (C=O) groups is 1. The minimum Gasteiger partial charge on any atom is -0.463 e. The minimum absolute atomic E-state index is 0.0640. The van der Waals surface area contributed by atoms with Gasteiger partial charge in [-0.05, 0) is 45.3 Å². The smallest absolute Gasteiger partial charge is 0.256 e. The molecular formula is C10H17N2O2P. The number of rotatable bonds is 1. The molecule has 0 radical (unpaired) electrons. The Morgan fingerprint density at radius 2 is 2.40 bits per heavy atom. The van der Waals surface area contributed by atoms with E-state index in [-0.39, 0.29) is 14.9 Å². The lowest BCUT2D eigenvalue weighted by atomic mass is 9.92. The summed E-state index contributed by atoms with van der Waals surface area (Å²) in [4.78, 5) is 13.9. The fourth-order valence-corrected chi connectivity index (χ4v) is 2.61. The maximum atomic E-state index is 11.6. The standard InChI is InChI=1S/C10H17N2O2P/c1-12-5-2-3-8(4-6-12)9-7-14-15-11-10(9)13/h7-8,15H,2-6H2,1H3,(H,11,13). The van der Waals surface area contributed by atoms with Crippen LogP contribution in [0.5, 0.6) is 0 Å². The van der Waals surface area contributed by atoms with Crippen molar-refractivity contribution in [3.8, 4) is 0 Å². The first-order valence-corrected chi connectivity index (χ1v) is 6.28. The Morgan fingerprint density at radius 1 is 1.53 bits per heavy atom. The van der Waals surface area contributed by atoms with E-state index in [0.29, 0.717) is 5.92 Å². The van der Waals surface area contributed by atoms with Crippen LogP contribution in [0, 0.1) is 5.92 Å². The summed E-state index contributed by atoms with van der Waals surface area (Å²) in [6, 6.07) is 0. The van der Waals surface area contributed by atoms with E-state index in [1.165, 1.54) is 0 Å². The number of carbonyl (C=O) groups excluding carboxylic acids is 1. The van der Waals surface area contributed by atoms with E-state index in [1.54, 1.807) is 6.26 Å². The van der Waals surface area contributed by atoms with Gasteiger partial charge < -0.3 is 14.5 Å². The Labute approximate surface area is 92.0 Å². The molecule has 2 aliphatic heterocycles. The molecule has 2 heterocycles. The van der Waals surface area contributed by atoms with Gasteiger partial charge in [-0.2, -0.15) is 0 Å². The van der Waals surface area contributed by atoms with Crippen LogP contribution in [-0.2, 0) is 9.32 Å². The quantitative estimate of drug-likeness (QED) is 0.687. The Balaban J connectivity index is 2.02. The van der Waals surface area contributed by atoms with Gasteiger partial charge in [-0.1, -0.05) is 0 Å². The fraction of sp³-hybridized carbons (Fsp3) is 0.700. The van der Waals surface area contributed by atoms with Gasteiger partial charge in [0.2, 0.25) is 0 Å². The molecule has 1 fully saturated rings. The van der Waals surface area contributed by atoms with Gasteiger partial charge >= 0.3 is 0 Å². The molecule has 0 aromatic carbocycles. The van der Waals surface area contributed by atoms with Crippen LogP contribution in [0.4, 0.5) is 0 Å². The van der Waals surface area contributed by atoms with Crippen molar-refractivity contribution in [2.75, 3.05) is 20.1 Å². The molecule has 5 heteroatoms. The van der Waals surface area contributed by atoms with E-state index >= 15 is 0 Å². The number of hydrogen-bond donors (Lipinski definition) is 1. The number of nitrogens with one attached hydrogen (secondary N) is 1. The topological polar surface area (TPSA) is 41.6 Å². The molecule has 0 bridgehead atoms. The second-order valence-corrected chi connectivity index (χ2v) is 4.87.